The van der Waals surface area contributed by atoms with Crippen molar-refractivity contribution in [1.29, 1.82) is 5.41 Å². The molecule has 0 rings (SSSR count). The molecule has 0 amide bonds. The first kappa shape index (κ1) is 16.4. The third-order valence-corrected chi connectivity index (χ3v) is 0. The van der Waals surface area contributed by atoms with Crippen LogP contribution in [0.3, 0.4) is 0 Å². The van der Waals surface area contributed by atoms with Crippen LogP contribution < -0.4 is 17.6 Å². The Balaban J connectivity index is -0.0000000450. The van der Waals surface area contributed by atoms with Crippen molar-refractivity contribution in [3.05, 3.63) is 0 Å². The van der Waals surface area contributed by atoms with Gasteiger partial charge in [-0.1, -0.05) is 0 Å². The summed E-state index contributed by atoms with van der Waals surface area (Å²) in [6, 6.07) is 0. The van der Waals surface area contributed by atoms with Gasteiger partial charge in [0.25, 0.3) is 0 Å². The molecule has 0 spiro atoms. The number of hydrogen-bond donors (Lipinski definition) is 4. The molecule has 0 saturated heterocycles. The van der Waals surface area contributed by atoms with Gasteiger partial charge in [0, 0.05) is 27.3 Å². The smallest absolute Gasteiger partial charge is 0.183 e. The first-order valence-corrected chi connectivity index (χ1v) is 0.827. The molecule has 0 saturated carbocycles. The van der Waals surface area contributed by atoms with E-state index in [1.807, 2.05) is 0 Å². The normalized spacial score (nSPS) is 4.00. The number of nitrogens with one attached hydrogen (secondary N) is 1. The maximum Gasteiger partial charge on any atom is 0.183 e. The molecule has 4 nitrogen and oxygen atoms in total. The molecular weight excluding hydrogens is 275 g/mol. The molecule has 0 aromatic rings. The summed E-state index contributed by atoms with van der Waals surface area (Å²) >= 11 is 0. The minimum absolute atomic E-state index is 0. The summed E-state index contributed by atoms with van der Waals surface area (Å²) in [5, 5.41) is 6.06. The Morgan fingerprint density at radius 2 is 1.33 bits per heavy atom. The van der Waals surface area contributed by atoms with Crippen LogP contribution in [-0.2, 0) is 0 Å². The second-order valence-electron chi connectivity index (χ2n) is 0.455. The molecule has 8 N–H and O–H groups in total. The van der Waals surface area contributed by atoms with E-state index in [1.54, 1.807) is 0 Å². The Morgan fingerprint density at radius 3 is 1.33 bits per heavy atom. The van der Waals surface area contributed by atoms with Crippen LogP contribution >= 0.6 is 0 Å². The summed E-state index contributed by atoms with van der Waals surface area (Å²) in [5.74, 6) is -0.333. The van der Waals surface area contributed by atoms with Crippen LogP contribution in [0.25, 0.3) is 0 Å². The van der Waals surface area contributed by atoms with E-state index >= 15 is 0 Å². The minimum atomic E-state index is -0.333. The molecule has 0 heterocycles. The molecule has 4 radical (unpaired) electrons. The van der Waals surface area contributed by atoms with Crippen LogP contribution in [-0.4, -0.2) is 33.3 Å². The number of guanidine groups is 1. The van der Waals surface area contributed by atoms with E-state index in [0.29, 0.717) is 0 Å². The Morgan fingerprint density at radius 1 is 1.33 bits per heavy atom. The average Bonchev–Trinajstić information content (AvgIpc) is 0.811. The zero-order valence-corrected chi connectivity index (χ0v) is 7.25. The third-order valence-electron chi connectivity index (χ3n) is 0. The van der Waals surface area contributed by atoms with Gasteiger partial charge in [-0.05, 0) is 0 Å². The number of rotatable bonds is 0. The van der Waals surface area contributed by atoms with Crippen molar-refractivity contribution >= 4 is 33.3 Å². The van der Waals surface area contributed by atoms with Gasteiger partial charge in [-0.25, -0.2) is 0 Å². The SMILES string of the molecule is N.N=C(N)N.[Pb]. The average molecular weight is 283 g/mol. The molecule has 6 heavy (non-hydrogen) atoms. The summed E-state index contributed by atoms with van der Waals surface area (Å²) in [5.41, 5.74) is 8.94. The van der Waals surface area contributed by atoms with Crippen LogP contribution in [0.15, 0.2) is 0 Å². The standard InChI is InChI=1S/CH5N3.H3N.Pb/c2-1(3)4;;/h(H5,2,3,4);1H3;. The van der Waals surface area contributed by atoms with E-state index in [0.717, 1.165) is 0 Å². The topological polar surface area (TPSA) is 111 Å². The fourth-order valence-corrected chi connectivity index (χ4v) is 0. The monoisotopic (exact) mass is 284 g/mol. The van der Waals surface area contributed by atoms with Gasteiger partial charge in [-0.2, -0.15) is 0 Å². The van der Waals surface area contributed by atoms with Crippen molar-refractivity contribution in [2.24, 2.45) is 11.5 Å². The molecule has 0 aliphatic carbocycles. The molecule has 0 aromatic carbocycles. The first-order chi connectivity index (χ1) is 1.73. The fourth-order valence-electron chi connectivity index (χ4n) is 0. The van der Waals surface area contributed by atoms with Gasteiger partial charge in [-0.15, -0.1) is 0 Å². The van der Waals surface area contributed by atoms with Crippen LogP contribution in [0, 0.1) is 5.41 Å². The Hall–Kier alpha value is 0.152. The van der Waals surface area contributed by atoms with Gasteiger partial charge in [0.2, 0.25) is 0 Å². The Bertz CT molecular complexity index is 30.5. The fraction of sp³-hybridized carbons (Fsp3) is 0. The quantitative estimate of drug-likeness (QED) is 0.250. The molecule has 0 aromatic heterocycles. The summed E-state index contributed by atoms with van der Waals surface area (Å²) in [4.78, 5) is 0. The van der Waals surface area contributed by atoms with Crippen molar-refractivity contribution < 1.29 is 0 Å². The van der Waals surface area contributed by atoms with E-state index in [1.165, 1.54) is 0 Å². The van der Waals surface area contributed by atoms with E-state index in [9.17, 15) is 0 Å². The molecule has 0 unspecified atom stereocenters. The largest absolute Gasteiger partial charge is 0.370 e. The van der Waals surface area contributed by atoms with Crippen LogP contribution in [0.1, 0.15) is 0 Å². The predicted octanol–water partition coefficient (Wildman–Crippen LogP) is -1.38. The summed E-state index contributed by atoms with van der Waals surface area (Å²) in [6.45, 7) is 0. The molecule has 0 atom stereocenters. The summed E-state index contributed by atoms with van der Waals surface area (Å²) in [7, 11) is 0. The van der Waals surface area contributed by atoms with Gasteiger partial charge in [0.1, 0.15) is 0 Å². The van der Waals surface area contributed by atoms with E-state index in [2.05, 4.69) is 11.5 Å². The Kier molecular flexibility index (Phi) is 24.5. The predicted molar refractivity (Wildman–Crippen MR) is 26.9 cm³/mol. The number of hydrogen-bond acceptors (Lipinski definition) is 2. The van der Waals surface area contributed by atoms with Crippen LogP contribution in [0.4, 0.5) is 0 Å². The van der Waals surface area contributed by atoms with E-state index in [4.69, 9.17) is 5.41 Å². The molecule has 0 fully saturated rings. The molecule has 0 aliphatic rings. The molecule has 0 bridgehead atoms. The Labute approximate surface area is 56.5 Å². The second kappa shape index (κ2) is 8.94. The van der Waals surface area contributed by atoms with E-state index in [-0.39, 0.29) is 39.4 Å². The van der Waals surface area contributed by atoms with Crippen molar-refractivity contribution in [1.82, 2.24) is 6.15 Å². The van der Waals surface area contributed by atoms with Gasteiger partial charge < -0.3 is 17.6 Å². The summed E-state index contributed by atoms with van der Waals surface area (Å²) in [6.07, 6.45) is 0. The number of nitrogens with two attached hydrogens (primary N) is 2. The molecule has 36 valence electrons. The molecule has 0 aliphatic heterocycles. The molecular formula is CH8N4Pb. The van der Waals surface area contributed by atoms with Crippen molar-refractivity contribution in [2.45, 2.75) is 0 Å². The maximum absolute atomic E-state index is 6.06. The third kappa shape index (κ3) is 1780. The summed E-state index contributed by atoms with van der Waals surface area (Å²) < 4.78 is 0. The van der Waals surface area contributed by atoms with Crippen LogP contribution in [0.5, 0.6) is 0 Å². The minimum Gasteiger partial charge on any atom is -0.370 e. The second-order valence-corrected chi connectivity index (χ2v) is 0.455. The van der Waals surface area contributed by atoms with Crippen molar-refractivity contribution in [3.63, 3.8) is 0 Å². The first-order valence-electron chi connectivity index (χ1n) is 0.827. The zero-order chi connectivity index (χ0) is 3.58. The van der Waals surface area contributed by atoms with Gasteiger partial charge in [0.05, 0.1) is 0 Å². The molecule has 5 heteroatoms. The van der Waals surface area contributed by atoms with Crippen molar-refractivity contribution in [3.8, 4) is 0 Å². The van der Waals surface area contributed by atoms with Crippen LogP contribution in [0.2, 0.25) is 0 Å². The maximum atomic E-state index is 6.06. The zero-order valence-electron chi connectivity index (χ0n) is 3.36. The van der Waals surface area contributed by atoms with Gasteiger partial charge in [0.15, 0.2) is 5.96 Å². The van der Waals surface area contributed by atoms with Crippen molar-refractivity contribution in [2.75, 3.05) is 0 Å². The van der Waals surface area contributed by atoms with Gasteiger partial charge in [-0.3, -0.25) is 5.41 Å². The van der Waals surface area contributed by atoms with Gasteiger partial charge >= 0.3 is 0 Å². The van der Waals surface area contributed by atoms with E-state index < -0.39 is 0 Å².